The summed E-state index contributed by atoms with van der Waals surface area (Å²) in [5.41, 5.74) is 3.29. The molecule has 3 aromatic carbocycles. The van der Waals surface area contributed by atoms with Gasteiger partial charge in [-0.15, -0.1) is 17.9 Å². The summed E-state index contributed by atoms with van der Waals surface area (Å²) in [5.74, 6) is -0.241. The summed E-state index contributed by atoms with van der Waals surface area (Å²) in [5, 5.41) is 16.2. The molecule has 0 radical (unpaired) electrons. The van der Waals surface area contributed by atoms with E-state index in [9.17, 15) is 5.11 Å². The van der Waals surface area contributed by atoms with Crippen LogP contribution in [0.2, 0.25) is 0 Å². The summed E-state index contributed by atoms with van der Waals surface area (Å²) in [7, 11) is 1.67. The van der Waals surface area contributed by atoms with Crippen LogP contribution in [-0.2, 0) is 21.1 Å². The number of thiophene rings is 1. The van der Waals surface area contributed by atoms with Crippen LogP contribution in [0, 0.1) is 5.92 Å². The highest BCUT2D eigenvalue weighted by atomic mass is 32.1. The van der Waals surface area contributed by atoms with Gasteiger partial charge in [0.25, 0.3) is 6.33 Å². The largest absolute Gasteiger partial charge is 0.386 e. The number of ether oxygens (including phenoxy) is 1. The van der Waals surface area contributed by atoms with Crippen molar-refractivity contribution in [2.75, 3.05) is 13.7 Å². The van der Waals surface area contributed by atoms with Gasteiger partial charge in [0.1, 0.15) is 16.8 Å². The molecule has 2 aromatic heterocycles. The number of nitrogens with zero attached hydrogens (tertiary/aromatic N) is 2. The molecule has 5 heteroatoms. The van der Waals surface area contributed by atoms with E-state index in [-0.39, 0.29) is 17.9 Å². The number of rotatable bonds is 4. The van der Waals surface area contributed by atoms with Crippen LogP contribution in [0.1, 0.15) is 45.7 Å². The molecule has 0 spiro atoms. The molecule has 1 aliphatic heterocycles. The van der Waals surface area contributed by atoms with Crippen LogP contribution < -0.4 is 4.57 Å². The van der Waals surface area contributed by atoms with Crippen molar-refractivity contribution in [2.24, 2.45) is 5.92 Å². The van der Waals surface area contributed by atoms with Crippen molar-refractivity contribution in [3.05, 3.63) is 96.8 Å². The Bertz CT molecular complexity index is 1850. The smallest absolute Gasteiger partial charge is 0.287 e. The summed E-state index contributed by atoms with van der Waals surface area (Å²) < 4.78 is 9.28. The van der Waals surface area contributed by atoms with Crippen LogP contribution in [-0.4, -0.2) is 29.4 Å². The van der Waals surface area contributed by atoms with Gasteiger partial charge in [0.2, 0.25) is 0 Å². The standard InChI is InChI=1S/C36H37N2O2S/c1-8-31-35(6)34(5,36(31,39)20-40-7)32-24-15-11-10-14-23(24)26(33(2,3)4)18-25(32)28-19-27(37-21-38(28)35)30-17-22-13-9-12-16-29(22)41-30/h8-19,21,31,39H,1,20H2,2-7H3/q+1. The molecule has 3 heterocycles. The van der Waals surface area contributed by atoms with Crippen LogP contribution in [0.3, 0.4) is 0 Å². The van der Waals surface area contributed by atoms with Gasteiger partial charge >= 0.3 is 0 Å². The van der Waals surface area contributed by atoms with Gasteiger partial charge in [0, 0.05) is 23.4 Å². The Morgan fingerprint density at radius 2 is 1.76 bits per heavy atom. The first-order valence-electron chi connectivity index (χ1n) is 14.3. The minimum absolute atomic E-state index is 0.0748. The second-order valence-electron chi connectivity index (χ2n) is 13.2. The highest BCUT2D eigenvalue weighted by Crippen LogP contribution is 2.68. The van der Waals surface area contributed by atoms with Gasteiger partial charge in [0.15, 0.2) is 5.69 Å². The Kier molecular flexibility index (Phi) is 5.54. The predicted molar refractivity (Wildman–Crippen MR) is 168 cm³/mol. The van der Waals surface area contributed by atoms with E-state index in [0.29, 0.717) is 0 Å². The first-order valence-corrected chi connectivity index (χ1v) is 15.1. The molecule has 4 nitrogen and oxygen atoms in total. The van der Waals surface area contributed by atoms with E-state index < -0.39 is 16.6 Å². The van der Waals surface area contributed by atoms with Gasteiger partial charge in [-0.3, -0.25) is 0 Å². The number of aromatic nitrogens is 2. The average Bonchev–Trinajstić information content (AvgIpc) is 3.39. The summed E-state index contributed by atoms with van der Waals surface area (Å²) in [6, 6.07) is 24.1. The molecule has 0 amide bonds. The third-order valence-corrected chi connectivity index (χ3v) is 11.4. The van der Waals surface area contributed by atoms with Crippen LogP contribution in [0.5, 0.6) is 0 Å². The molecule has 208 valence electrons. The van der Waals surface area contributed by atoms with Crippen molar-refractivity contribution < 1.29 is 14.4 Å². The highest BCUT2D eigenvalue weighted by Gasteiger charge is 2.81. The maximum Gasteiger partial charge on any atom is 0.287 e. The fourth-order valence-corrected chi connectivity index (χ4v) is 9.19. The molecular formula is C36H37N2O2S+. The Hall–Kier alpha value is -3.38. The molecule has 1 fully saturated rings. The lowest BCUT2D eigenvalue weighted by atomic mass is 9.37. The van der Waals surface area contributed by atoms with Gasteiger partial charge < -0.3 is 9.84 Å². The molecule has 5 aromatic rings. The molecule has 41 heavy (non-hydrogen) atoms. The zero-order valence-electron chi connectivity index (χ0n) is 24.7. The van der Waals surface area contributed by atoms with E-state index in [2.05, 4.69) is 112 Å². The predicted octanol–water partition coefficient (Wildman–Crippen LogP) is 7.55. The topological polar surface area (TPSA) is 46.2 Å². The SMILES string of the molecule is C=CC1C(O)(COC)C2(C)c3c(cc(C(C)(C)C)c4ccccc34)-c3cc(-c4cc5ccccc5s4)nc[n+]3C12C. The zero-order valence-corrected chi connectivity index (χ0v) is 25.5. The van der Waals surface area contributed by atoms with E-state index >= 15 is 0 Å². The Labute approximate surface area is 246 Å². The van der Waals surface area contributed by atoms with E-state index in [4.69, 9.17) is 9.72 Å². The molecule has 0 saturated heterocycles. The normalized spacial score (nSPS) is 26.8. The number of methoxy groups -OCH3 is 1. The lowest BCUT2D eigenvalue weighted by Crippen LogP contribution is -2.90. The fraction of sp³-hybridized carbons (Fsp3) is 0.333. The Morgan fingerprint density at radius 3 is 2.44 bits per heavy atom. The summed E-state index contributed by atoms with van der Waals surface area (Å²) in [6.07, 6.45) is 3.90. The van der Waals surface area contributed by atoms with Crippen molar-refractivity contribution in [3.8, 4) is 21.8 Å². The van der Waals surface area contributed by atoms with E-state index in [1.807, 2.05) is 12.4 Å². The molecule has 1 saturated carbocycles. The zero-order chi connectivity index (χ0) is 28.9. The molecule has 2 aliphatic rings. The van der Waals surface area contributed by atoms with Crippen molar-refractivity contribution in [1.29, 1.82) is 0 Å². The maximum atomic E-state index is 12.5. The van der Waals surface area contributed by atoms with Gasteiger partial charge in [-0.05, 0) is 69.7 Å². The molecule has 4 unspecified atom stereocenters. The Morgan fingerprint density at radius 1 is 1.05 bits per heavy atom. The quantitative estimate of drug-likeness (QED) is 0.182. The molecule has 1 N–H and O–H groups in total. The van der Waals surface area contributed by atoms with Gasteiger partial charge in [-0.25, -0.2) is 4.57 Å². The third-order valence-electron chi connectivity index (χ3n) is 10.3. The lowest BCUT2D eigenvalue weighted by molar-refractivity contribution is -0.798. The number of benzene rings is 3. The summed E-state index contributed by atoms with van der Waals surface area (Å²) in [4.78, 5) is 6.20. The van der Waals surface area contributed by atoms with E-state index in [1.165, 1.54) is 32.0 Å². The van der Waals surface area contributed by atoms with Crippen LogP contribution in [0.15, 0.2) is 85.7 Å². The van der Waals surface area contributed by atoms with Crippen LogP contribution in [0.25, 0.3) is 42.7 Å². The minimum Gasteiger partial charge on any atom is -0.386 e. The highest BCUT2D eigenvalue weighted by molar-refractivity contribution is 7.22. The van der Waals surface area contributed by atoms with Crippen molar-refractivity contribution >= 4 is 32.2 Å². The van der Waals surface area contributed by atoms with Crippen molar-refractivity contribution in [2.45, 2.75) is 56.6 Å². The molecule has 0 bridgehead atoms. The first-order chi connectivity index (χ1) is 19.5. The fourth-order valence-electron chi connectivity index (χ4n) is 8.16. The summed E-state index contributed by atoms with van der Waals surface area (Å²) >= 11 is 1.77. The minimum atomic E-state index is -1.14. The lowest BCUT2D eigenvalue weighted by Gasteiger charge is -2.70. The molecule has 4 atom stereocenters. The molecule has 1 aliphatic carbocycles. The number of aliphatic hydroxyl groups is 1. The molecular weight excluding hydrogens is 524 g/mol. The van der Waals surface area contributed by atoms with Gasteiger partial charge in [-0.1, -0.05) is 69.3 Å². The second kappa shape index (κ2) is 8.57. The number of hydrogen-bond donors (Lipinski definition) is 1. The first kappa shape index (κ1) is 26.5. The number of fused-ring (bicyclic) bond motifs is 9. The van der Waals surface area contributed by atoms with Gasteiger partial charge in [-0.2, -0.15) is 0 Å². The second-order valence-corrected chi connectivity index (χ2v) is 14.2. The van der Waals surface area contributed by atoms with Crippen LogP contribution in [0.4, 0.5) is 0 Å². The van der Waals surface area contributed by atoms with E-state index in [1.54, 1.807) is 18.4 Å². The van der Waals surface area contributed by atoms with E-state index in [0.717, 1.165) is 21.8 Å². The summed E-state index contributed by atoms with van der Waals surface area (Å²) in [6.45, 7) is 15.7. The van der Waals surface area contributed by atoms with Gasteiger partial charge in [0.05, 0.1) is 22.8 Å². The van der Waals surface area contributed by atoms with Crippen molar-refractivity contribution in [3.63, 3.8) is 0 Å². The van der Waals surface area contributed by atoms with Crippen LogP contribution >= 0.6 is 11.3 Å². The molecule has 7 rings (SSSR count). The monoisotopic (exact) mass is 561 g/mol. The third kappa shape index (κ3) is 3.17. The average molecular weight is 562 g/mol. The maximum absolute atomic E-state index is 12.5. The van der Waals surface area contributed by atoms with Crippen molar-refractivity contribution in [1.82, 2.24) is 4.98 Å². The Balaban J connectivity index is 1.60. The number of hydrogen-bond acceptors (Lipinski definition) is 4.